The molecular weight excluding hydrogens is 272 g/mol. The van der Waals surface area contributed by atoms with Gasteiger partial charge in [0.15, 0.2) is 5.13 Å². The number of nitrogens with zero attached hydrogens (tertiary/aromatic N) is 2. The molecule has 2 aromatic rings. The molecule has 0 radical (unpaired) electrons. The lowest BCUT2D eigenvalue weighted by molar-refractivity contribution is 0.0930. The summed E-state index contributed by atoms with van der Waals surface area (Å²) in [7, 11) is 1.78. The van der Waals surface area contributed by atoms with Crippen LogP contribution in [0.15, 0.2) is 23.7 Å². The van der Waals surface area contributed by atoms with Crippen molar-refractivity contribution in [3.63, 3.8) is 0 Å². The smallest absolute Gasteiger partial charge is 0.271 e. The van der Waals surface area contributed by atoms with Crippen molar-refractivity contribution in [2.24, 2.45) is 0 Å². The summed E-state index contributed by atoms with van der Waals surface area (Å²) in [5.74, 6) is -0.169. The zero-order chi connectivity index (χ0) is 14.5. The molecule has 0 fully saturated rings. The lowest BCUT2D eigenvalue weighted by Crippen LogP contribution is -2.29. The third kappa shape index (κ3) is 3.33. The lowest BCUT2D eigenvalue weighted by atomic mass is 10.1. The van der Waals surface area contributed by atoms with Crippen LogP contribution in [0.4, 0.5) is 5.13 Å². The first-order valence-electron chi connectivity index (χ1n) is 6.50. The molecule has 20 heavy (non-hydrogen) atoms. The van der Waals surface area contributed by atoms with Crippen LogP contribution in [0.3, 0.4) is 0 Å². The molecule has 0 aromatic carbocycles. The predicted octanol–water partition coefficient (Wildman–Crippen LogP) is 2.77. The molecule has 0 bridgehead atoms. The minimum Gasteiger partial charge on any atom is -0.365 e. The van der Waals surface area contributed by atoms with Crippen molar-refractivity contribution in [3.8, 4) is 0 Å². The molecule has 0 saturated carbocycles. The Morgan fingerprint density at radius 1 is 1.45 bits per heavy atom. The van der Waals surface area contributed by atoms with Crippen molar-refractivity contribution in [2.75, 3.05) is 12.4 Å². The number of aryl methyl sites for hydroxylation is 1. The molecule has 6 heteroatoms. The Morgan fingerprint density at radius 3 is 2.80 bits per heavy atom. The van der Waals surface area contributed by atoms with Gasteiger partial charge >= 0.3 is 0 Å². The second-order valence-corrected chi connectivity index (χ2v) is 5.34. The van der Waals surface area contributed by atoms with Gasteiger partial charge in [0.05, 0.1) is 11.7 Å². The number of aromatic nitrogens is 2. The van der Waals surface area contributed by atoms with Crippen LogP contribution in [0.2, 0.25) is 0 Å². The van der Waals surface area contributed by atoms with Gasteiger partial charge < -0.3 is 10.6 Å². The Bertz CT molecular complexity index is 579. The molecule has 0 aliphatic carbocycles. The van der Waals surface area contributed by atoms with E-state index in [4.69, 9.17) is 0 Å². The average molecular weight is 290 g/mol. The molecule has 2 rings (SSSR count). The molecule has 5 nitrogen and oxygen atoms in total. The number of amides is 1. The normalized spacial score (nSPS) is 11.9. The maximum atomic E-state index is 12.2. The van der Waals surface area contributed by atoms with E-state index in [9.17, 15) is 4.79 Å². The number of carbonyl (C=O) groups is 1. The van der Waals surface area contributed by atoms with Crippen molar-refractivity contribution in [2.45, 2.75) is 26.3 Å². The zero-order valence-corrected chi connectivity index (χ0v) is 12.6. The van der Waals surface area contributed by atoms with Crippen LogP contribution < -0.4 is 10.6 Å². The largest absolute Gasteiger partial charge is 0.365 e. The van der Waals surface area contributed by atoms with Gasteiger partial charge in [0.25, 0.3) is 5.91 Å². The van der Waals surface area contributed by atoms with E-state index < -0.39 is 0 Å². The summed E-state index contributed by atoms with van der Waals surface area (Å²) < 4.78 is 0. The van der Waals surface area contributed by atoms with Crippen molar-refractivity contribution in [3.05, 3.63) is 40.7 Å². The topological polar surface area (TPSA) is 66.9 Å². The first-order valence-corrected chi connectivity index (χ1v) is 7.38. The van der Waals surface area contributed by atoms with Crippen LogP contribution in [0.5, 0.6) is 0 Å². The molecule has 1 amide bonds. The molecule has 0 saturated heterocycles. The van der Waals surface area contributed by atoms with Gasteiger partial charge in [-0.3, -0.25) is 9.78 Å². The second-order valence-electron chi connectivity index (χ2n) is 4.48. The number of rotatable bonds is 5. The van der Waals surface area contributed by atoms with Crippen molar-refractivity contribution in [1.82, 2.24) is 15.3 Å². The lowest BCUT2D eigenvalue weighted by Gasteiger charge is -2.15. The maximum absolute atomic E-state index is 12.2. The summed E-state index contributed by atoms with van der Waals surface area (Å²) in [5, 5.41) is 8.37. The number of pyridine rings is 1. The van der Waals surface area contributed by atoms with Gasteiger partial charge in [-0.1, -0.05) is 13.0 Å². The standard InChI is InChI=1S/C14H18N4OS/c1-4-10(11-6-5-9(2)7-16-11)17-13(19)12-8-20-14(15-3)18-12/h5-8,10H,4H2,1-3H3,(H,15,18)(H,17,19). The van der Waals surface area contributed by atoms with Gasteiger partial charge in [-0.15, -0.1) is 11.3 Å². The summed E-state index contributed by atoms with van der Waals surface area (Å²) in [4.78, 5) is 20.7. The minimum absolute atomic E-state index is 0.0946. The Kier molecular flexibility index (Phi) is 4.68. The number of thiazole rings is 1. The number of carbonyl (C=O) groups excluding carboxylic acids is 1. The van der Waals surface area contributed by atoms with E-state index in [1.165, 1.54) is 11.3 Å². The van der Waals surface area contributed by atoms with Crippen LogP contribution in [-0.4, -0.2) is 22.9 Å². The Balaban J connectivity index is 2.09. The molecule has 0 spiro atoms. The fourth-order valence-corrected chi connectivity index (χ4v) is 2.45. The van der Waals surface area contributed by atoms with Gasteiger partial charge in [0.2, 0.25) is 0 Å². The molecule has 1 unspecified atom stereocenters. The quantitative estimate of drug-likeness (QED) is 0.888. The predicted molar refractivity (Wildman–Crippen MR) is 81.1 cm³/mol. The van der Waals surface area contributed by atoms with Crippen molar-refractivity contribution < 1.29 is 4.79 Å². The summed E-state index contributed by atoms with van der Waals surface area (Å²) in [6, 6.07) is 3.85. The number of nitrogens with one attached hydrogen (secondary N) is 2. The highest BCUT2D eigenvalue weighted by atomic mass is 32.1. The third-order valence-electron chi connectivity index (χ3n) is 2.96. The highest BCUT2D eigenvalue weighted by Crippen LogP contribution is 2.18. The van der Waals surface area contributed by atoms with Crippen LogP contribution in [0.25, 0.3) is 0 Å². The third-order valence-corrected chi connectivity index (χ3v) is 3.82. The van der Waals surface area contributed by atoms with Gasteiger partial charge in [0, 0.05) is 18.6 Å². The van der Waals surface area contributed by atoms with E-state index in [1.807, 2.05) is 32.2 Å². The van der Waals surface area contributed by atoms with Crippen molar-refractivity contribution in [1.29, 1.82) is 0 Å². The van der Waals surface area contributed by atoms with Gasteiger partial charge in [0.1, 0.15) is 5.69 Å². The van der Waals surface area contributed by atoms with Crippen LogP contribution >= 0.6 is 11.3 Å². The minimum atomic E-state index is -0.169. The number of hydrogen-bond donors (Lipinski definition) is 2. The molecule has 0 aliphatic heterocycles. The molecule has 1 atom stereocenters. The van der Waals surface area contributed by atoms with Crippen molar-refractivity contribution >= 4 is 22.4 Å². The average Bonchev–Trinajstić information content (AvgIpc) is 2.94. The summed E-state index contributed by atoms with van der Waals surface area (Å²) in [6.45, 7) is 4.01. The van der Waals surface area contributed by atoms with Crippen LogP contribution in [0, 0.1) is 6.92 Å². The highest BCUT2D eigenvalue weighted by Gasteiger charge is 2.17. The van der Waals surface area contributed by atoms with E-state index >= 15 is 0 Å². The van der Waals surface area contributed by atoms with E-state index in [2.05, 4.69) is 20.6 Å². The SMILES string of the molecule is CCC(NC(=O)c1csc(NC)n1)c1ccc(C)cn1. The maximum Gasteiger partial charge on any atom is 0.271 e. The summed E-state index contributed by atoms with van der Waals surface area (Å²) in [6.07, 6.45) is 2.59. The molecule has 106 valence electrons. The molecular formula is C14H18N4OS. The number of anilines is 1. The monoisotopic (exact) mass is 290 g/mol. The first-order chi connectivity index (χ1) is 9.63. The molecule has 2 heterocycles. The van der Waals surface area contributed by atoms with E-state index in [-0.39, 0.29) is 11.9 Å². The Morgan fingerprint density at radius 2 is 2.25 bits per heavy atom. The van der Waals surface area contributed by atoms with Gasteiger partial charge in [-0.25, -0.2) is 4.98 Å². The van der Waals surface area contributed by atoms with Gasteiger partial charge in [-0.2, -0.15) is 0 Å². The molecule has 0 aliphatic rings. The number of hydrogen-bond acceptors (Lipinski definition) is 5. The summed E-state index contributed by atoms with van der Waals surface area (Å²) in [5.41, 5.74) is 2.41. The van der Waals surface area contributed by atoms with E-state index in [1.54, 1.807) is 12.4 Å². The second kappa shape index (κ2) is 6.47. The molecule has 2 N–H and O–H groups in total. The first kappa shape index (κ1) is 14.5. The van der Waals surface area contributed by atoms with Crippen LogP contribution in [0.1, 0.15) is 41.1 Å². The van der Waals surface area contributed by atoms with Crippen LogP contribution in [-0.2, 0) is 0 Å². The highest BCUT2D eigenvalue weighted by molar-refractivity contribution is 7.13. The summed E-state index contributed by atoms with van der Waals surface area (Å²) >= 11 is 1.41. The Hall–Kier alpha value is -1.95. The zero-order valence-electron chi connectivity index (χ0n) is 11.8. The molecule has 2 aromatic heterocycles. The fraction of sp³-hybridized carbons (Fsp3) is 0.357. The Labute approximate surface area is 122 Å². The van der Waals surface area contributed by atoms with E-state index in [0.717, 1.165) is 22.8 Å². The van der Waals surface area contributed by atoms with Gasteiger partial charge in [-0.05, 0) is 25.0 Å². The van der Waals surface area contributed by atoms with E-state index in [0.29, 0.717) is 5.69 Å². The fourth-order valence-electron chi connectivity index (χ4n) is 1.80.